The molecule has 162 valence electrons. The first-order valence-corrected chi connectivity index (χ1v) is 12.0. The Balaban J connectivity index is 1.73. The number of thioether (sulfide) groups is 1. The van der Waals surface area contributed by atoms with Crippen LogP contribution in [-0.4, -0.2) is 39.9 Å². The van der Waals surface area contributed by atoms with Crippen LogP contribution in [-0.2, 0) is 9.53 Å². The fourth-order valence-corrected chi connectivity index (χ4v) is 5.85. The van der Waals surface area contributed by atoms with Crippen molar-refractivity contribution in [1.29, 1.82) is 0 Å². The molecule has 2 aromatic heterocycles. The van der Waals surface area contributed by atoms with Gasteiger partial charge in [0.25, 0.3) is 5.91 Å². The van der Waals surface area contributed by atoms with Crippen molar-refractivity contribution < 1.29 is 19.1 Å². The quantitative estimate of drug-likeness (QED) is 0.276. The van der Waals surface area contributed by atoms with Gasteiger partial charge in [-0.1, -0.05) is 41.3 Å². The number of thiophene rings is 1. The lowest BCUT2D eigenvalue weighted by Gasteiger charge is -2.06. The summed E-state index contributed by atoms with van der Waals surface area (Å²) in [6.07, 6.45) is 0. The van der Waals surface area contributed by atoms with Crippen molar-refractivity contribution in [2.45, 2.75) is 18.2 Å². The third-order valence-electron chi connectivity index (χ3n) is 3.96. The van der Waals surface area contributed by atoms with Crippen LogP contribution in [0.15, 0.2) is 34.7 Å². The van der Waals surface area contributed by atoms with Gasteiger partial charge in [0.15, 0.2) is 8.29 Å². The van der Waals surface area contributed by atoms with Crippen LogP contribution in [0.2, 0.25) is 0 Å². The van der Waals surface area contributed by atoms with Crippen LogP contribution in [0.25, 0.3) is 5.69 Å². The van der Waals surface area contributed by atoms with Gasteiger partial charge in [0, 0.05) is 0 Å². The van der Waals surface area contributed by atoms with E-state index in [9.17, 15) is 14.4 Å². The van der Waals surface area contributed by atoms with Crippen molar-refractivity contribution in [3.05, 3.63) is 50.3 Å². The van der Waals surface area contributed by atoms with Gasteiger partial charge < -0.3 is 15.8 Å². The first-order chi connectivity index (χ1) is 14.8. The number of rotatable bonds is 8. The molecule has 2 heterocycles. The summed E-state index contributed by atoms with van der Waals surface area (Å²) in [4.78, 5) is 36.7. The molecule has 0 unspecified atom stereocenters. The molecule has 2 amide bonds. The average molecular weight is 495 g/mol. The van der Waals surface area contributed by atoms with Crippen LogP contribution in [0, 0.1) is 10.9 Å². The van der Waals surface area contributed by atoms with Gasteiger partial charge in [-0.15, -0.1) is 16.4 Å². The third-order valence-corrected chi connectivity index (χ3v) is 7.55. The zero-order chi connectivity index (χ0) is 22.5. The zero-order valence-electron chi connectivity index (χ0n) is 16.5. The molecule has 0 atom stereocenters. The van der Waals surface area contributed by atoms with Gasteiger partial charge in [-0.2, -0.15) is 0 Å². The van der Waals surface area contributed by atoms with Crippen LogP contribution in [0.3, 0.4) is 0 Å². The molecule has 0 fully saturated rings. The minimum Gasteiger partial charge on any atom is -0.462 e. The highest BCUT2D eigenvalue weighted by molar-refractivity contribution is 8.01. The van der Waals surface area contributed by atoms with E-state index in [0.29, 0.717) is 13.9 Å². The Hall–Kier alpha value is -2.54. The van der Waals surface area contributed by atoms with Crippen LogP contribution < -0.4 is 11.1 Å². The van der Waals surface area contributed by atoms with E-state index >= 15 is 0 Å². The Morgan fingerprint density at radius 2 is 1.97 bits per heavy atom. The second kappa shape index (κ2) is 10.2. The molecule has 3 N–H and O–H groups in total. The molecule has 0 aliphatic rings. The number of aromatic nitrogens is 2. The molecule has 3 rings (SSSR count). The van der Waals surface area contributed by atoms with Crippen LogP contribution >= 0.6 is 46.7 Å². The first kappa shape index (κ1) is 23.1. The van der Waals surface area contributed by atoms with E-state index in [2.05, 4.69) is 10.4 Å². The lowest BCUT2D eigenvalue weighted by atomic mass is 10.1. The Kier molecular flexibility index (Phi) is 7.59. The summed E-state index contributed by atoms with van der Waals surface area (Å²) in [5, 5.41) is 7.37. The van der Waals surface area contributed by atoms with E-state index in [4.69, 9.17) is 22.7 Å². The SMILES string of the molecule is CCOC(=O)c1c(NC(=O)CSc2nn(-c3ccccc3)c(=S)s2)sc(C(N)=O)c1C. The van der Waals surface area contributed by atoms with Crippen molar-refractivity contribution in [3.63, 3.8) is 0 Å². The smallest absolute Gasteiger partial charge is 0.341 e. The van der Waals surface area contributed by atoms with E-state index in [1.54, 1.807) is 18.5 Å². The van der Waals surface area contributed by atoms with E-state index in [-0.39, 0.29) is 33.7 Å². The Bertz CT molecular complexity index is 1180. The summed E-state index contributed by atoms with van der Waals surface area (Å²) in [5.74, 6) is -1.61. The van der Waals surface area contributed by atoms with E-state index in [1.807, 2.05) is 30.3 Å². The number of ether oxygens (including phenoxy) is 1. The van der Waals surface area contributed by atoms with E-state index < -0.39 is 11.9 Å². The number of carbonyl (C=O) groups excluding carboxylic acids is 3. The number of benzene rings is 1. The van der Waals surface area contributed by atoms with E-state index in [0.717, 1.165) is 17.0 Å². The summed E-state index contributed by atoms with van der Waals surface area (Å²) < 4.78 is 7.89. The van der Waals surface area contributed by atoms with E-state index in [1.165, 1.54) is 23.1 Å². The van der Waals surface area contributed by atoms with Gasteiger partial charge in [0.2, 0.25) is 5.91 Å². The molecule has 0 radical (unpaired) electrons. The van der Waals surface area contributed by atoms with Gasteiger partial charge in [-0.05, 0) is 43.8 Å². The third kappa shape index (κ3) is 5.39. The number of para-hydroxylation sites is 1. The number of amides is 2. The Labute approximate surface area is 195 Å². The maximum atomic E-state index is 12.5. The summed E-state index contributed by atoms with van der Waals surface area (Å²) >= 11 is 8.84. The molecule has 8 nitrogen and oxygen atoms in total. The van der Waals surface area contributed by atoms with Crippen molar-refractivity contribution in [1.82, 2.24) is 9.78 Å². The second-order valence-electron chi connectivity index (χ2n) is 6.06. The van der Waals surface area contributed by atoms with Crippen LogP contribution in [0.5, 0.6) is 0 Å². The van der Waals surface area contributed by atoms with Gasteiger partial charge in [-0.3, -0.25) is 9.59 Å². The fourth-order valence-electron chi connectivity index (χ4n) is 2.63. The standard InChI is InChI=1S/C19H18N4O4S4/c1-3-27-17(26)13-10(2)14(15(20)25)30-16(13)21-12(24)9-29-18-22-23(19(28)31-18)11-7-5-4-6-8-11/h4-8H,3,9H2,1-2H3,(H2,20,25)(H,21,24). The molecular weight excluding hydrogens is 477 g/mol. The molecule has 0 saturated carbocycles. The van der Waals surface area contributed by atoms with Crippen molar-refractivity contribution in [3.8, 4) is 5.69 Å². The highest BCUT2D eigenvalue weighted by Crippen LogP contribution is 2.34. The number of primary amides is 1. The number of nitrogens with two attached hydrogens (primary N) is 1. The molecule has 3 aromatic rings. The van der Waals surface area contributed by atoms with Gasteiger partial charge in [0.1, 0.15) is 5.00 Å². The lowest BCUT2D eigenvalue weighted by Crippen LogP contribution is -2.16. The second-order valence-corrected chi connectivity index (χ2v) is 9.93. The molecule has 0 spiro atoms. The van der Waals surface area contributed by atoms with Gasteiger partial charge in [-0.25, -0.2) is 9.48 Å². The number of hydrogen-bond donors (Lipinski definition) is 2. The fraction of sp³-hybridized carbons (Fsp3) is 0.211. The highest BCUT2D eigenvalue weighted by atomic mass is 32.2. The van der Waals surface area contributed by atoms with Gasteiger partial charge >= 0.3 is 5.97 Å². The summed E-state index contributed by atoms with van der Waals surface area (Å²) in [5.41, 5.74) is 6.75. The maximum absolute atomic E-state index is 12.5. The number of nitrogens with one attached hydrogen (secondary N) is 1. The van der Waals surface area contributed by atoms with Crippen LogP contribution in [0.4, 0.5) is 5.00 Å². The minimum atomic E-state index is -0.672. The molecule has 31 heavy (non-hydrogen) atoms. The number of nitrogens with zero attached hydrogens (tertiary/aromatic N) is 2. The predicted molar refractivity (Wildman–Crippen MR) is 125 cm³/mol. The summed E-state index contributed by atoms with van der Waals surface area (Å²) in [6.45, 7) is 3.43. The minimum absolute atomic E-state index is 0.0438. The Morgan fingerprint density at radius 1 is 1.26 bits per heavy atom. The number of esters is 1. The number of carbonyl (C=O) groups is 3. The number of anilines is 1. The monoisotopic (exact) mass is 494 g/mol. The Morgan fingerprint density at radius 3 is 2.61 bits per heavy atom. The molecule has 0 bridgehead atoms. The number of hydrogen-bond acceptors (Lipinski definition) is 9. The van der Waals surface area contributed by atoms with Crippen molar-refractivity contribution >= 4 is 69.4 Å². The maximum Gasteiger partial charge on any atom is 0.341 e. The highest BCUT2D eigenvalue weighted by Gasteiger charge is 2.25. The lowest BCUT2D eigenvalue weighted by molar-refractivity contribution is -0.113. The van der Waals surface area contributed by atoms with Gasteiger partial charge in [0.05, 0.1) is 28.5 Å². The van der Waals surface area contributed by atoms with Crippen molar-refractivity contribution in [2.75, 3.05) is 17.7 Å². The first-order valence-electron chi connectivity index (χ1n) is 9.00. The molecular formula is C19H18N4O4S4. The molecule has 12 heteroatoms. The molecule has 0 aliphatic carbocycles. The molecule has 1 aromatic carbocycles. The molecule has 0 saturated heterocycles. The average Bonchev–Trinajstić information content (AvgIpc) is 3.27. The summed E-state index contributed by atoms with van der Waals surface area (Å²) in [6, 6.07) is 9.47. The largest absolute Gasteiger partial charge is 0.462 e. The zero-order valence-corrected chi connectivity index (χ0v) is 19.8. The topological polar surface area (TPSA) is 116 Å². The summed E-state index contributed by atoms with van der Waals surface area (Å²) in [7, 11) is 0. The van der Waals surface area contributed by atoms with Crippen molar-refractivity contribution in [2.24, 2.45) is 5.73 Å². The predicted octanol–water partition coefficient (Wildman–Crippen LogP) is 4.04. The molecule has 0 aliphatic heterocycles. The normalized spacial score (nSPS) is 10.6. The van der Waals surface area contributed by atoms with Crippen LogP contribution in [0.1, 0.15) is 32.5 Å².